The third kappa shape index (κ3) is 5.23. The first-order valence-electron chi connectivity index (χ1n) is 7.32. The van der Waals surface area contributed by atoms with Gasteiger partial charge in [0.1, 0.15) is 12.4 Å². The van der Waals surface area contributed by atoms with Gasteiger partial charge in [0.2, 0.25) is 0 Å². The summed E-state index contributed by atoms with van der Waals surface area (Å²) >= 11 is 0. The molecule has 0 fully saturated rings. The normalized spacial score (nSPS) is 13.4. The summed E-state index contributed by atoms with van der Waals surface area (Å²) in [5.74, 6) is 1.03. The number of nitrogens with one attached hydrogen (secondary N) is 1. The van der Waals surface area contributed by atoms with E-state index < -0.39 is 0 Å². The maximum atomic E-state index is 6.04. The van der Waals surface area contributed by atoms with E-state index in [0.29, 0.717) is 12.6 Å². The summed E-state index contributed by atoms with van der Waals surface area (Å²) < 4.78 is 6.04. The molecule has 2 nitrogen and oxygen atoms in total. The molecule has 0 aliphatic carbocycles. The number of benzene rings is 1. The second kappa shape index (κ2) is 6.95. The van der Waals surface area contributed by atoms with E-state index in [1.54, 1.807) is 0 Å². The van der Waals surface area contributed by atoms with Crippen molar-refractivity contribution in [1.29, 1.82) is 0 Å². The highest BCUT2D eigenvalue weighted by molar-refractivity contribution is 5.41. The van der Waals surface area contributed by atoms with Crippen LogP contribution in [0.1, 0.15) is 52.2 Å². The standard InChI is InChI=1S/C17H29NO/c1-7-10-18-14(3)12-19-16-11-13(2)8-9-15(16)17(4,5)6/h8-9,11,14,18H,7,10,12H2,1-6H3. The van der Waals surface area contributed by atoms with Crippen molar-refractivity contribution in [2.75, 3.05) is 13.2 Å². The minimum absolute atomic E-state index is 0.114. The monoisotopic (exact) mass is 263 g/mol. The van der Waals surface area contributed by atoms with Crippen LogP contribution in [0.3, 0.4) is 0 Å². The molecule has 0 spiro atoms. The molecule has 0 radical (unpaired) electrons. The van der Waals surface area contributed by atoms with Crippen LogP contribution in [-0.2, 0) is 5.41 Å². The van der Waals surface area contributed by atoms with Crippen molar-refractivity contribution in [3.63, 3.8) is 0 Å². The Labute approximate surface area is 118 Å². The first-order valence-corrected chi connectivity index (χ1v) is 7.32. The summed E-state index contributed by atoms with van der Waals surface area (Å²) in [5.41, 5.74) is 2.64. The van der Waals surface area contributed by atoms with Crippen molar-refractivity contribution < 1.29 is 4.74 Å². The lowest BCUT2D eigenvalue weighted by Gasteiger charge is -2.24. The van der Waals surface area contributed by atoms with Gasteiger partial charge in [-0.15, -0.1) is 0 Å². The molecule has 0 heterocycles. The molecule has 108 valence electrons. The molecule has 0 saturated heterocycles. The fourth-order valence-corrected chi connectivity index (χ4v) is 2.03. The molecular formula is C17H29NO. The summed E-state index contributed by atoms with van der Waals surface area (Å²) in [5, 5.41) is 3.45. The smallest absolute Gasteiger partial charge is 0.123 e. The van der Waals surface area contributed by atoms with E-state index >= 15 is 0 Å². The van der Waals surface area contributed by atoms with Gasteiger partial charge in [0.05, 0.1) is 0 Å². The average Bonchev–Trinajstić information content (AvgIpc) is 2.32. The molecule has 1 aromatic carbocycles. The minimum atomic E-state index is 0.114. The zero-order valence-electron chi connectivity index (χ0n) is 13.3. The van der Waals surface area contributed by atoms with Gasteiger partial charge in [-0.2, -0.15) is 0 Å². The quantitative estimate of drug-likeness (QED) is 0.835. The van der Waals surface area contributed by atoms with E-state index in [0.717, 1.165) is 18.7 Å². The zero-order valence-corrected chi connectivity index (χ0v) is 13.3. The molecule has 0 amide bonds. The van der Waals surface area contributed by atoms with E-state index in [-0.39, 0.29) is 5.41 Å². The Bertz CT molecular complexity index is 393. The van der Waals surface area contributed by atoms with Crippen molar-refractivity contribution in [2.45, 2.75) is 59.4 Å². The lowest BCUT2D eigenvalue weighted by atomic mass is 9.86. The molecule has 1 N–H and O–H groups in total. The number of ether oxygens (including phenoxy) is 1. The van der Waals surface area contributed by atoms with Crippen LogP contribution in [-0.4, -0.2) is 19.2 Å². The molecule has 0 bridgehead atoms. The predicted molar refractivity (Wildman–Crippen MR) is 83.1 cm³/mol. The van der Waals surface area contributed by atoms with Gasteiger partial charge in [-0.3, -0.25) is 0 Å². The number of hydrogen-bond acceptors (Lipinski definition) is 2. The molecule has 1 unspecified atom stereocenters. The van der Waals surface area contributed by atoms with E-state index in [1.165, 1.54) is 11.1 Å². The molecule has 2 heteroatoms. The van der Waals surface area contributed by atoms with Crippen molar-refractivity contribution in [3.8, 4) is 5.75 Å². The maximum Gasteiger partial charge on any atom is 0.123 e. The maximum absolute atomic E-state index is 6.04. The van der Waals surface area contributed by atoms with Crippen LogP contribution in [0.5, 0.6) is 5.75 Å². The molecule has 1 aromatic rings. The fraction of sp³-hybridized carbons (Fsp3) is 0.647. The van der Waals surface area contributed by atoms with Crippen molar-refractivity contribution in [1.82, 2.24) is 5.32 Å². The van der Waals surface area contributed by atoms with Crippen LogP contribution in [0.4, 0.5) is 0 Å². The number of hydrogen-bond donors (Lipinski definition) is 1. The van der Waals surface area contributed by atoms with Crippen molar-refractivity contribution >= 4 is 0 Å². The van der Waals surface area contributed by atoms with Gasteiger partial charge < -0.3 is 10.1 Å². The predicted octanol–water partition coefficient (Wildman–Crippen LogP) is 4.06. The van der Waals surface area contributed by atoms with Gasteiger partial charge in [0.15, 0.2) is 0 Å². The minimum Gasteiger partial charge on any atom is -0.492 e. The molecule has 19 heavy (non-hydrogen) atoms. The highest BCUT2D eigenvalue weighted by atomic mass is 16.5. The lowest BCUT2D eigenvalue weighted by molar-refractivity contribution is 0.267. The van der Waals surface area contributed by atoms with E-state index in [2.05, 4.69) is 65.1 Å². The summed E-state index contributed by atoms with van der Waals surface area (Å²) in [6, 6.07) is 6.88. The zero-order chi connectivity index (χ0) is 14.5. The topological polar surface area (TPSA) is 21.3 Å². The van der Waals surface area contributed by atoms with Gasteiger partial charge in [-0.25, -0.2) is 0 Å². The summed E-state index contributed by atoms with van der Waals surface area (Å²) in [4.78, 5) is 0. The number of aryl methyl sites for hydroxylation is 1. The van der Waals surface area contributed by atoms with Gasteiger partial charge in [0, 0.05) is 6.04 Å². The fourth-order valence-electron chi connectivity index (χ4n) is 2.03. The largest absolute Gasteiger partial charge is 0.492 e. The molecule has 0 aromatic heterocycles. The number of rotatable bonds is 6. The summed E-state index contributed by atoms with van der Waals surface area (Å²) in [7, 11) is 0. The van der Waals surface area contributed by atoms with Crippen LogP contribution in [0.2, 0.25) is 0 Å². The van der Waals surface area contributed by atoms with Crippen molar-refractivity contribution in [2.24, 2.45) is 0 Å². The second-order valence-electron chi connectivity index (χ2n) is 6.42. The Kier molecular flexibility index (Phi) is 5.86. The van der Waals surface area contributed by atoms with Gasteiger partial charge in [0.25, 0.3) is 0 Å². The molecule has 1 rings (SSSR count). The van der Waals surface area contributed by atoms with Crippen LogP contribution >= 0.6 is 0 Å². The Hall–Kier alpha value is -1.02. The van der Waals surface area contributed by atoms with Crippen LogP contribution in [0, 0.1) is 6.92 Å². The highest BCUT2D eigenvalue weighted by Gasteiger charge is 2.19. The van der Waals surface area contributed by atoms with Crippen LogP contribution < -0.4 is 10.1 Å². The van der Waals surface area contributed by atoms with Gasteiger partial charge >= 0.3 is 0 Å². The molecule has 1 atom stereocenters. The second-order valence-corrected chi connectivity index (χ2v) is 6.42. The van der Waals surface area contributed by atoms with Crippen LogP contribution in [0.15, 0.2) is 18.2 Å². The third-order valence-electron chi connectivity index (χ3n) is 3.18. The van der Waals surface area contributed by atoms with E-state index in [9.17, 15) is 0 Å². The molecule has 0 saturated carbocycles. The highest BCUT2D eigenvalue weighted by Crippen LogP contribution is 2.32. The molecule has 0 aliphatic rings. The molecule has 0 aliphatic heterocycles. The van der Waals surface area contributed by atoms with Crippen molar-refractivity contribution in [3.05, 3.63) is 29.3 Å². The Morgan fingerprint density at radius 3 is 2.53 bits per heavy atom. The van der Waals surface area contributed by atoms with Gasteiger partial charge in [-0.05, 0) is 49.4 Å². The van der Waals surface area contributed by atoms with E-state index in [1.807, 2.05) is 0 Å². The Morgan fingerprint density at radius 1 is 1.26 bits per heavy atom. The summed E-state index contributed by atoms with van der Waals surface area (Å²) in [6.07, 6.45) is 1.15. The average molecular weight is 263 g/mol. The van der Waals surface area contributed by atoms with E-state index in [4.69, 9.17) is 4.74 Å². The SMILES string of the molecule is CCCNC(C)COc1cc(C)ccc1C(C)(C)C. The lowest BCUT2D eigenvalue weighted by Crippen LogP contribution is -2.32. The summed E-state index contributed by atoms with van der Waals surface area (Å²) in [6.45, 7) is 14.9. The first-order chi connectivity index (χ1) is 8.84. The van der Waals surface area contributed by atoms with Crippen LogP contribution in [0.25, 0.3) is 0 Å². The molecular weight excluding hydrogens is 234 g/mol. The Morgan fingerprint density at radius 2 is 1.95 bits per heavy atom. The first kappa shape index (κ1) is 16.0. The van der Waals surface area contributed by atoms with Gasteiger partial charge in [-0.1, -0.05) is 39.8 Å². The third-order valence-corrected chi connectivity index (χ3v) is 3.18. The Balaban J connectivity index is 2.74.